The van der Waals surface area contributed by atoms with Crippen LogP contribution in [0.15, 0.2) is 24.3 Å². The van der Waals surface area contributed by atoms with Crippen molar-refractivity contribution in [2.24, 2.45) is 5.92 Å². The average Bonchev–Trinajstić information content (AvgIpc) is 2.72. The van der Waals surface area contributed by atoms with Gasteiger partial charge in [-0.05, 0) is 18.1 Å². The number of fused-ring (bicyclic) bond motifs is 3. The molecular formula is C12H14N2O. The van der Waals surface area contributed by atoms with Crippen LogP contribution >= 0.6 is 0 Å². The number of likely N-dealkylation sites (tertiary alicyclic amines) is 1. The van der Waals surface area contributed by atoms with E-state index in [9.17, 15) is 4.79 Å². The SMILES string of the molecule is O=CN1CC[C@@H]2CNc3ccccc3[C@@H]21. The fraction of sp³-hybridized carbons (Fsp3) is 0.417. The van der Waals surface area contributed by atoms with E-state index in [0.29, 0.717) is 12.0 Å². The Morgan fingerprint density at radius 3 is 3.13 bits per heavy atom. The van der Waals surface area contributed by atoms with Gasteiger partial charge >= 0.3 is 0 Å². The summed E-state index contributed by atoms with van der Waals surface area (Å²) in [5.74, 6) is 0.588. The molecule has 0 aromatic heterocycles. The van der Waals surface area contributed by atoms with Gasteiger partial charge in [-0.3, -0.25) is 4.79 Å². The number of hydrogen-bond acceptors (Lipinski definition) is 2. The first kappa shape index (κ1) is 8.77. The van der Waals surface area contributed by atoms with Crippen molar-refractivity contribution in [1.82, 2.24) is 4.90 Å². The molecule has 0 aliphatic carbocycles. The van der Waals surface area contributed by atoms with Crippen molar-refractivity contribution in [2.75, 3.05) is 18.4 Å². The summed E-state index contributed by atoms with van der Waals surface area (Å²) in [6.07, 6.45) is 2.11. The Hall–Kier alpha value is -1.51. The average molecular weight is 202 g/mol. The number of nitrogens with one attached hydrogen (secondary N) is 1. The Balaban J connectivity index is 2.05. The molecule has 1 aromatic rings. The molecule has 1 saturated heterocycles. The van der Waals surface area contributed by atoms with Crippen molar-refractivity contribution in [1.29, 1.82) is 0 Å². The van der Waals surface area contributed by atoms with Crippen LogP contribution in [0.1, 0.15) is 18.0 Å². The number of benzene rings is 1. The van der Waals surface area contributed by atoms with E-state index in [1.807, 2.05) is 17.0 Å². The number of para-hydroxylation sites is 1. The topological polar surface area (TPSA) is 32.3 Å². The van der Waals surface area contributed by atoms with Gasteiger partial charge in [-0.2, -0.15) is 0 Å². The van der Waals surface area contributed by atoms with Gasteiger partial charge in [-0.15, -0.1) is 0 Å². The monoisotopic (exact) mass is 202 g/mol. The molecule has 3 nitrogen and oxygen atoms in total. The highest BCUT2D eigenvalue weighted by atomic mass is 16.1. The highest BCUT2D eigenvalue weighted by Crippen LogP contribution is 2.42. The first-order valence-corrected chi connectivity index (χ1v) is 5.44. The minimum Gasteiger partial charge on any atom is -0.384 e. The number of nitrogens with zero attached hydrogens (tertiary/aromatic N) is 1. The third-order valence-electron chi connectivity index (χ3n) is 3.53. The summed E-state index contributed by atoms with van der Waals surface area (Å²) in [5, 5.41) is 3.44. The summed E-state index contributed by atoms with van der Waals surface area (Å²) < 4.78 is 0. The van der Waals surface area contributed by atoms with E-state index in [0.717, 1.165) is 25.9 Å². The van der Waals surface area contributed by atoms with Crippen LogP contribution in [0.4, 0.5) is 5.69 Å². The lowest BCUT2D eigenvalue weighted by Gasteiger charge is -2.32. The van der Waals surface area contributed by atoms with Crippen LogP contribution in [0.3, 0.4) is 0 Å². The predicted octanol–water partition coefficient (Wildman–Crippen LogP) is 1.63. The standard InChI is InChI=1S/C12H14N2O/c15-8-14-6-5-9-7-13-11-4-2-1-3-10(11)12(9)14/h1-4,8-9,12-13H,5-7H2/t9-,12-/m1/s1. The second kappa shape index (κ2) is 3.26. The number of carbonyl (C=O) groups is 1. The third kappa shape index (κ3) is 1.23. The summed E-state index contributed by atoms with van der Waals surface area (Å²) in [4.78, 5) is 12.9. The van der Waals surface area contributed by atoms with Gasteiger partial charge in [-0.1, -0.05) is 18.2 Å². The summed E-state index contributed by atoms with van der Waals surface area (Å²) in [5.41, 5.74) is 2.46. The Labute approximate surface area is 89.1 Å². The molecule has 0 unspecified atom stereocenters. The second-order valence-corrected chi connectivity index (χ2v) is 4.30. The van der Waals surface area contributed by atoms with Gasteiger partial charge < -0.3 is 10.2 Å². The predicted molar refractivity (Wildman–Crippen MR) is 58.5 cm³/mol. The van der Waals surface area contributed by atoms with E-state index in [1.54, 1.807) is 0 Å². The van der Waals surface area contributed by atoms with E-state index in [4.69, 9.17) is 0 Å². The highest BCUT2D eigenvalue weighted by Gasteiger charge is 2.37. The molecule has 0 radical (unpaired) electrons. The van der Waals surface area contributed by atoms with Crippen molar-refractivity contribution >= 4 is 12.1 Å². The number of hydrogen-bond donors (Lipinski definition) is 1. The summed E-state index contributed by atoms with van der Waals surface area (Å²) in [7, 11) is 0. The lowest BCUT2D eigenvalue weighted by Crippen LogP contribution is -2.31. The van der Waals surface area contributed by atoms with Crippen LogP contribution in [0.5, 0.6) is 0 Å². The molecule has 1 N–H and O–H groups in total. The Bertz CT molecular complexity index is 391. The molecule has 2 aliphatic heterocycles. The molecule has 3 rings (SSSR count). The van der Waals surface area contributed by atoms with Crippen LogP contribution in [-0.4, -0.2) is 24.4 Å². The smallest absolute Gasteiger partial charge is 0.210 e. The van der Waals surface area contributed by atoms with Crippen LogP contribution in [0, 0.1) is 5.92 Å². The van der Waals surface area contributed by atoms with Crippen LogP contribution < -0.4 is 5.32 Å². The maximum atomic E-state index is 11.0. The fourth-order valence-electron chi connectivity index (χ4n) is 2.80. The Kier molecular flexibility index (Phi) is 1.91. The van der Waals surface area contributed by atoms with Gasteiger partial charge in [0, 0.05) is 24.7 Å². The number of carbonyl (C=O) groups excluding carboxylic acids is 1. The first-order valence-electron chi connectivity index (χ1n) is 5.44. The molecule has 0 bridgehead atoms. The molecule has 0 spiro atoms. The maximum Gasteiger partial charge on any atom is 0.210 e. The summed E-state index contributed by atoms with van der Waals surface area (Å²) >= 11 is 0. The highest BCUT2D eigenvalue weighted by molar-refractivity contribution is 5.59. The number of rotatable bonds is 1. The van der Waals surface area contributed by atoms with Crippen molar-refractivity contribution < 1.29 is 4.79 Å². The van der Waals surface area contributed by atoms with E-state index in [-0.39, 0.29) is 0 Å². The first-order chi connectivity index (χ1) is 7.40. The van der Waals surface area contributed by atoms with E-state index in [1.165, 1.54) is 11.3 Å². The normalized spacial score (nSPS) is 27.9. The van der Waals surface area contributed by atoms with Gasteiger partial charge in [0.05, 0.1) is 6.04 Å². The molecule has 2 atom stereocenters. The van der Waals surface area contributed by atoms with Crippen LogP contribution in [0.2, 0.25) is 0 Å². The van der Waals surface area contributed by atoms with E-state index in [2.05, 4.69) is 17.4 Å². The van der Waals surface area contributed by atoms with E-state index >= 15 is 0 Å². The van der Waals surface area contributed by atoms with Gasteiger partial charge in [0.25, 0.3) is 0 Å². The van der Waals surface area contributed by atoms with Crippen LogP contribution in [-0.2, 0) is 4.79 Å². The molecule has 0 saturated carbocycles. The number of amides is 1. The van der Waals surface area contributed by atoms with Crippen LogP contribution in [0.25, 0.3) is 0 Å². The molecule has 1 fully saturated rings. The molecule has 1 amide bonds. The van der Waals surface area contributed by atoms with E-state index < -0.39 is 0 Å². The molecule has 2 heterocycles. The molecule has 15 heavy (non-hydrogen) atoms. The maximum absolute atomic E-state index is 11.0. The van der Waals surface area contributed by atoms with Crippen molar-refractivity contribution in [2.45, 2.75) is 12.5 Å². The Morgan fingerprint density at radius 2 is 2.27 bits per heavy atom. The van der Waals surface area contributed by atoms with Crippen molar-refractivity contribution in [3.8, 4) is 0 Å². The van der Waals surface area contributed by atoms with Crippen molar-refractivity contribution in [3.63, 3.8) is 0 Å². The molecule has 78 valence electrons. The van der Waals surface area contributed by atoms with Gasteiger partial charge in [0.2, 0.25) is 6.41 Å². The van der Waals surface area contributed by atoms with Gasteiger partial charge in [0.1, 0.15) is 0 Å². The lowest BCUT2D eigenvalue weighted by molar-refractivity contribution is -0.119. The third-order valence-corrected chi connectivity index (χ3v) is 3.53. The van der Waals surface area contributed by atoms with Gasteiger partial charge in [-0.25, -0.2) is 0 Å². The molecular weight excluding hydrogens is 188 g/mol. The second-order valence-electron chi connectivity index (χ2n) is 4.30. The quantitative estimate of drug-likeness (QED) is 0.702. The zero-order chi connectivity index (χ0) is 10.3. The molecule has 3 heteroatoms. The molecule has 1 aromatic carbocycles. The van der Waals surface area contributed by atoms with Gasteiger partial charge in [0.15, 0.2) is 0 Å². The summed E-state index contributed by atoms with van der Waals surface area (Å²) in [6, 6.07) is 8.60. The molecule has 2 aliphatic rings. The Morgan fingerprint density at radius 1 is 1.40 bits per heavy atom. The number of anilines is 1. The zero-order valence-corrected chi connectivity index (χ0v) is 8.52. The largest absolute Gasteiger partial charge is 0.384 e. The summed E-state index contributed by atoms with van der Waals surface area (Å²) in [6.45, 7) is 1.89. The minimum absolute atomic E-state index is 0.306. The fourth-order valence-corrected chi connectivity index (χ4v) is 2.80. The lowest BCUT2D eigenvalue weighted by atomic mass is 9.89. The minimum atomic E-state index is 0.306. The zero-order valence-electron chi connectivity index (χ0n) is 8.52. The van der Waals surface area contributed by atoms with Crippen molar-refractivity contribution in [3.05, 3.63) is 29.8 Å².